The van der Waals surface area contributed by atoms with Gasteiger partial charge in [0.05, 0.1) is 11.1 Å². The minimum absolute atomic E-state index is 0.348. The maximum absolute atomic E-state index is 13.2. The molecule has 47 heavy (non-hydrogen) atoms. The number of anilines is 1. The number of unbranched alkanes of at least 4 members (excludes halogenated alkanes) is 1. The summed E-state index contributed by atoms with van der Waals surface area (Å²) in [6, 6.07) is 36.1. The molecule has 0 saturated heterocycles. The highest BCUT2D eigenvalue weighted by atomic mass is 16.4. The van der Waals surface area contributed by atoms with E-state index in [0.29, 0.717) is 22.3 Å². The topological polar surface area (TPSA) is 63.7 Å². The quantitative estimate of drug-likeness (QED) is 0.119. The monoisotopic (exact) mass is 619 g/mol. The summed E-state index contributed by atoms with van der Waals surface area (Å²) in [5.74, 6) is 0. The van der Waals surface area contributed by atoms with Crippen molar-refractivity contribution in [2.45, 2.75) is 40.0 Å². The van der Waals surface area contributed by atoms with Gasteiger partial charge in [-0.25, -0.2) is 9.59 Å². The highest BCUT2D eigenvalue weighted by Gasteiger charge is 2.14. The molecule has 5 aromatic carbocycles. The van der Waals surface area contributed by atoms with E-state index in [2.05, 4.69) is 49.9 Å². The molecular weight excluding hydrogens is 582 g/mol. The Morgan fingerprint density at radius 3 is 1.81 bits per heavy atom. The molecule has 0 unspecified atom stereocenters. The van der Waals surface area contributed by atoms with Gasteiger partial charge in [-0.15, -0.1) is 0 Å². The Bertz CT molecular complexity index is 2340. The summed E-state index contributed by atoms with van der Waals surface area (Å²) < 4.78 is 11.7. The van der Waals surface area contributed by atoms with Gasteiger partial charge in [0.25, 0.3) is 0 Å². The summed E-state index contributed by atoms with van der Waals surface area (Å²) in [4.78, 5) is 28.5. The number of aryl methyl sites for hydroxylation is 1. The van der Waals surface area contributed by atoms with Crippen molar-refractivity contribution in [2.24, 2.45) is 0 Å². The normalized spacial score (nSPS) is 11.5. The Hall–Kier alpha value is -5.42. The number of fused-ring (bicyclic) bond motifs is 4. The predicted octanol–water partition coefficient (Wildman–Crippen LogP) is 10.2. The third kappa shape index (κ3) is 5.74. The maximum atomic E-state index is 13.2. The largest absolute Gasteiger partial charge is 0.422 e. The maximum Gasteiger partial charge on any atom is 0.344 e. The number of benzene rings is 5. The van der Waals surface area contributed by atoms with E-state index >= 15 is 0 Å². The summed E-state index contributed by atoms with van der Waals surface area (Å²) in [7, 11) is 0. The molecule has 0 aliphatic rings. The number of hydrogen-bond donors (Lipinski definition) is 0. The lowest BCUT2D eigenvalue weighted by molar-refractivity contribution is 0.563. The van der Waals surface area contributed by atoms with E-state index in [0.717, 1.165) is 81.8 Å². The van der Waals surface area contributed by atoms with Gasteiger partial charge in [-0.1, -0.05) is 92.2 Å². The van der Waals surface area contributed by atoms with Crippen LogP contribution in [0.5, 0.6) is 0 Å². The predicted molar refractivity (Wildman–Crippen MR) is 195 cm³/mol. The summed E-state index contributed by atoms with van der Waals surface area (Å²) in [5, 5.41) is 3.91. The SMILES string of the molecule is CCCCc1cccc2c1ccc1cc(-c3ccc(-c4ccc(-c5cc6ccc(N(CC)CC)cc6oc5=O)cc4)cc3)c(=O)oc12. The van der Waals surface area contributed by atoms with Gasteiger partial charge in [0.1, 0.15) is 11.2 Å². The third-order valence-electron chi connectivity index (χ3n) is 9.22. The van der Waals surface area contributed by atoms with E-state index in [1.54, 1.807) is 0 Å². The van der Waals surface area contributed by atoms with Crippen molar-refractivity contribution in [3.05, 3.63) is 136 Å². The zero-order valence-electron chi connectivity index (χ0n) is 27.0. The van der Waals surface area contributed by atoms with E-state index in [1.165, 1.54) is 5.56 Å². The van der Waals surface area contributed by atoms with Gasteiger partial charge in [0.2, 0.25) is 0 Å². The fraction of sp³-hybridized carbons (Fsp3) is 0.190. The summed E-state index contributed by atoms with van der Waals surface area (Å²) in [5.41, 5.74) is 7.52. The van der Waals surface area contributed by atoms with Gasteiger partial charge < -0.3 is 13.7 Å². The van der Waals surface area contributed by atoms with Crippen molar-refractivity contribution in [1.82, 2.24) is 0 Å². The van der Waals surface area contributed by atoms with Crippen LogP contribution in [0, 0.1) is 0 Å². The summed E-state index contributed by atoms with van der Waals surface area (Å²) in [6.45, 7) is 8.18. The second-order valence-electron chi connectivity index (χ2n) is 12.0. The van der Waals surface area contributed by atoms with Crippen LogP contribution in [0.15, 0.2) is 128 Å². The third-order valence-corrected chi connectivity index (χ3v) is 9.22. The van der Waals surface area contributed by atoms with Crippen LogP contribution in [0.3, 0.4) is 0 Å². The molecule has 5 heteroatoms. The van der Waals surface area contributed by atoms with Crippen molar-refractivity contribution in [3.63, 3.8) is 0 Å². The molecule has 0 radical (unpaired) electrons. The first-order chi connectivity index (χ1) is 23.0. The van der Waals surface area contributed by atoms with Gasteiger partial charge >= 0.3 is 11.3 Å². The highest BCUT2D eigenvalue weighted by molar-refractivity contribution is 6.05. The lowest BCUT2D eigenvalue weighted by Crippen LogP contribution is -2.21. The van der Waals surface area contributed by atoms with E-state index < -0.39 is 0 Å². The molecule has 0 bridgehead atoms. The molecule has 0 N–H and O–H groups in total. The molecule has 0 fully saturated rings. The summed E-state index contributed by atoms with van der Waals surface area (Å²) >= 11 is 0. The lowest BCUT2D eigenvalue weighted by atomic mass is 9.97. The van der Waals surface area contributed by atoms with Crippen molar-refractivity contribution < 1.29 is 8.83 Å². The fourth-order valence-corrected chi connectivity index (χ4v) is 6.56. The van der Waals surface area contributed by atoms with Crippen LogP contribution >= 0.6 is 0 Å². The zero-order chi connectivity index (χ0) is 32.5. The average molecular weight is 620 g/mol. The lowest BCUT2D eigenvalue weighted by Gasteiger charge is -2.21. The van der Waals surface area contributed by atoms with E-state index in [-0.39, 0.29) is 11.3 Å². The van der Waals surface area contributed by atoms with E-state index in [9.17, 15) is 9.59 Å². The van der Waals surface area contributed by atoms with Crippen LogP contribution in [-0.2, 0) is 6.42 Å². The second-order valence-corrected chi connectivity index (χ2v) is 12.0. The Morgan fingerprint density at radius 1 is 0.574 bits per heavy atom. The van der Waals surface area contributed by atoms with Crippen LogP contribution < -0.4 is 16.2 Å². The molecule has 0 saturated carbocycles. The molecule has 2 heterocycles. The molecule has 7 rings (SSSR count). The molecule has 234 valence electrons. The van der Waals surface area contributed by atoms with Crippen LogP contribution in [0.25, 0.3) is 66.1 Å². The molecule has 5 nitrogen and oxygen atoms in total. The molecule has 0 atom stereocenters. The Labute approximate surface area is 273 Å². The first kappa shape index (κ1) is 30.2. The molecule has 2 aromatic heterocycles. The molecular formula is C42H37NO4. The molecule has 0 amide bonds. The smallest absolute Gasteiger partial charge is 0.344 e. The second kappa shape index (κ2) is 12.8. The molecule has 7 aromatic rings. The minimum atomic E-state index is -0.356. The van der Waals surface area contributed by atoms with Gasteiger partial charge in [-0.05, 0) is 84.2 Å². The molecule has 0 aliphatic carbocycles. The van der Waals surface area contributed by atoms with E-state index in [1.807, 2.05) is 84.9 Å². The van der Waals surface area contributed by atoms with Gasteiger partial charge in [0.15, 0.2) is 0 Å². The Morgan fingerprint density at radius 2 is 1.17 bits per heavy atom. The van der Waals surface area contributed by atoms with Crippen molar-refractivity contribution in [1.29, 1.82) is 0 Å². The minimum Gasteiger partial charge on any atom is -0.422 e. The van der Waals surface area contributed by atoms with Gasteiger partial charge in [0, 0.05) is 41.0 Å². The average Bonchev–Trinajstić information content (AvgIpc) is 3.11. The van der Waals surface area contributed by atoms with Crippen LogP contribution in [0.2, 0.25) is 0 Å². The Kier molecular flexibility index (Phi) is 8.21. The van der Waals surface area contributed by atoms with Gasteiger partial charge in [-0.3, -0.25) is 0 Å². The molecule has 0 spiro atoms. The number of nitrogens with zero attached hydrogens (tertiary/aromatic N) is 1. The first-order valence-corrected chi connectivity index (χ1v) is 16.5. The standard InChI is InChI=1S/C42H37NO4/c1-4-7-9-29-10-8-11-36-35(29)23-21-33-25-38(42(45)47-40(33)36)31-18-14-28(15-19-31)27-12-16-30(17-13-27)37-24-32-20-22-34(43(5-2)6-3)26-39(32)46-41(37)44/h8,10-26H,4-7,9H2,1-3H3. The number of hydrogen-bond acceptors (Lipinski definition) is 5. The molecule has 0 aliphatic heterocycles. The van der Waals surface area contributed by atoms with Crippen molar-refractivity contribution in [2.75, 3.05) is 18.0 Å². The van der Waals surface area contributed by atoms with E-state index in [4.69, 9.17) is 8.83 Å². The van der Waals surface area contributed by atoms with Gasteiger partial charge in [-0.2, -0.15) is 0 Å². The van der Waals surface area contributed by atoms with Crippen molar-refractivity contribution >= 4 is 38.4 Å². The highest BCUT2D eigenvalue weighted by Crippen LogP contribution is 2.32. The van der Waals surface area contributed by atoms with Crippen LogP contribution in [-0.4, -0.2) is 13.1 Å². The summed E-state index contributed by atoms with van der Waals surface area (Å²) in [6.07, 6.45) is 3.27. The van der Waals surface area contributed by atoms with Crippen LogP contribution in [0.1, 0.15) is 39.2 Å². The number of rotatable bonds is 9. The fourth-order valence-electron chi connectivity index (χ4n) is 6.56. The Balaban J connectivity index is 1.15. The zero-order valence-corrected chi connectivity index (χ0v) is 27.0. The van der Waals surface area contributed by atoms with Crippen LogP contribution in [0.4, 0.5) is 5.69 Å². The van der Waals surface area contributed by atoms with Crippen molar-refractivity contribution in [3.8, 4) is 33.4 Å². The first-order valence-electron chi connectivity index (χ1n) is 16.5.